The van der Waals surface area contributed by atoms with Crippen LogP contribution in [0.25, 0.3) is 10.6 Å². The third kappa shape index (κ3) is 3.38. The van der Waals surface area contributed by atoms with Gasteiger partial charge in [0.2, 0.25) is 0 Å². The van der Waals surface area contributed by atoms with Crippen molar-refractivity contribution in [3.05, 3.63) is 39.8 Å². The maximum atomic E-state index is 10.5. The van der Waals surface area contributed by atoms with E-state index in [9.17, 15) is 4.79 Å². The van der Waals surface area contributed by atoms with Gasteiger partial charge in [-0.15, -0.1) is 11.3 Å². The molecule has 17 heavy (non-hydrogen) atoms. The molecule has 0 aliphatic carbocycles. The fourth-order valence-electron chi connectivity index (χ4n) is 1.38. The molecular formula is C12H10BrNO2S. The van der Waals surface area contributed by atoms with Gasteiger partial charge >= 0.3 is 5.97 Å². The number of benzene rings is 1. The minimum atomic E-state index is -0.774. The first-order valence-electron chi connectivity index (χ1n) is 5.07. The average molecular weight is 312 g/mol. The molecule has 0 bridgehead atoms. The molecule has 1 heterocycles. The molecule has 0 saturated heterocycles. The molecule has 5 heteroatoms. The van der Waals surface area contributed by atoms with E-state index in [1.807, 2.05) is 24.3 Å². The van der Waals surface area contributed by atoms with Crippen molar-refractivity contribution in [2.75, 3.05) is 0 Å². The molecule has 0 aliphatic rings. The molecule has 1 aromatic heterocycles. The number of carboxylic acid groups (broad SMARTS) is 1. The SMILES string of the molecule is O=C(O)CCc1cnc(-c2ccc(Br)cc2)s1. The Kier molecular flexibility index (Phi) is 3.91. The van der Waals surface area contributed by atoms with Crippen LogP contribution < -0.4 is 0 Å². The van der Waals surface area contributed by atoms with Crippen molar-refractivity contribution in [1.29, 1.82) is 0 Å². The molecule has 0 amide bonds. The number of aromatic nitrogens is 1. The summed E-state index contributed by atoms with van der Waals surface area (Å²) in [5, 5.41) is 9.54. The largest absolute Gasteiger partial charge is 0.481 e. The molecule has 3 nitrogen and oxygen atoms in total. The number of hydrogen-bond acceptors (Lipinski definition) is 3. The van der Waals surface area contributed by atoms with Crippen LogP contribution in [0.4, 0.5) is 0 Å². The number of thiazole rings is 1. The molecule has 88 valence electrons. The van der Waals surface area contributed by atoms with Gasteiger partial charge in [0, 0.05) is 21.1 Å². The predicted molar refractivity (Wildman–Crippen MR) is 71.2 cm³/mol. The molecule has 0 atom stereocenters. The van der Waals surface area contributed by atoms with Crippen molar-refractivity contribution in [1.82, 2.24) is 4.98 Å². The van der Waals surface area contributed by atoms with Gasteiger partial charge < -0.3 is 5.11 Å². The second kappa shape index (κ2) is 5.42. The minimum Gasteiger partial charge on any atom is -0.481 e. The lowest BCUT2D eigenvalue weighted by Crippen LogP contribution is -1.95. The summed E-state index contributed by atoms with van der Waals surface area (Å²) < 4.78 is 1.03. The molecule has 2 rings (SSSR count). The standard InChI is InChI=1S/C12H10BrNO2S/c13-9-3-1-8(2-4-9)12-14-7-10(17-12)5-6-11(15)16/h1-4,7H,5-6H2,(H,15,16). The summed E-state index contributed by atoms with van der Waals surface area (Å²) >= 11 is 4.93. The van der Waals surface area contributed by atoms with Crippen LogP contribution in [-0.2, 0) is 11.2 Å². The minimum absolute atomic E-state index is 0.155. The third-order valence-corrected chi connectivity index (χ3v) is 3.86. The van der Waals surface area contributed by atoms with E-state index in [0.29, 0.717) is 6.42 Å². The second-order valence-corrected chi connectivity index (χ2v) is 5.56. The molecule has 0 saturated carbocycles. The number of rotatable bonds is 4. The van der Waals surface area contributed by atoms with E-state index in [2.05, 4.69) is 20.9 Å². The number of carboxylic acids is 1. The van der Waals surface area contributed by atoms with Gasteiger partial charge in [-0.05, 0) is 18.6 Å². The van der Waals surface area contributed by atoms with E-state index in [0.717, 1.165) is 19.9 Å². The van der Waals surface area contributed by atoms with E-state index in [1.165, 1.54) is 0 Å². The van der Waals surface area contributed by atoms with Crippen molar-refractivity contribution < 1.29 is 9.90 Å². The topological polar surface area (TPSA) is 50.2 Å². The van der Waals surface area contributed by atoms with Crippen LogP contribution in [0.5, 0.6) is 0 Å². The summed E-state index contributed by atoms with van der Waals surface area (Å²) in [4.78, 5) is 15.8. The first-order chi connectivity index (χ1) is 8.15. The Morgan fingerprint density at radius 3 is 2.71 bits per heavy atom. The summed E-state index contributed by atoms with van der Waals surface area (Å²) in [5.41, 5.74) is 1.06. The highest BCUT2D eigenvalue weighted by Crippen LogP contribution is 2.26. The van der Waals surface area contributed by atoms with E-state index >= 15 is 0 Å². The fraction of sp³-hybridized carbons (Fsp3) is 0.167. The monoisotopic (exact) mass is 311 g/mol. The van der Waals surface area contributed by atoms with Gasteiger partial charge in [0.25, 0.3) is 0 Å². The molecule has 1 aromatic carbocycles. The van der Waals surface area contributed by atoms with Crippen LogP contribution >= 0.6 is 27.3 Å². The fourth-order valence-corrected chi connectivity index (χ4v) is 2.56. The Labute approximate surface area is 111 Å². The van der Waals surface area contributed by atoms with E-state index in [-0.39, 0.29) is 6.42 Å². The number of carbonyl (C=O) groups is 1. The number of aliphatic carboxylic acids is 1. The summed E-state index contributed by atoms with van der Waals surface area (Å²) in [6.07, 6.45) is 2.45. The van der Waals surface area contributed by atoms with Crippen LogP contribution in [0.3, 0.4) is 0 Å². The van der Waals surface area contributed by atoms with Gasteiger partial charge in [-0.1, -0.05) is 28.1 Å². The molecular weight excluding hydrogens is 302 g/mol. The van der Waals surface area contributed by atoms with Crippen molar-refractivity contribution >= 4 is 33.2 Å². The molecule has 0 fully saturated rings. The van der Waals surface area contributed by atoms with Crippen LogP contribution in [0.1, 0.15) is 11.3 Å². The van der Waals surface area contributed by atoms with E-state index < -0.39 is 5.97 Å². The Balaban J connectivity index is 2.12. The van der Waals surface area contributed by atoms with E-state index in [1.54, 1.807) is 17.5 Å². The Hall–Kier alpha value is -1.20. The smallest absolute Gasteiger partial charge is 0.303 e. The molecule has 1 N–H and O–H groups in total. The van der Waals surface area contributed by atoms with Gasteiger partial charge in [-0.3, -0.25) is 4.79 Å². The lowest BCUT2D eigenvalue weighted by Gasteiger charge is -1.95. The van der Waals surface area contributed by atoms with Crippen molar-refractivity contribution in [2.45, 2.75) is 12.8 Å². The van der Waals surface area contributed by atoms with Gasteiger partial charge in [-0.2, -0.15) is 0 Å². The maximum absolute atomic E-state index is 10.5. The molecule has 0 aliphatic heterocycles. The number of nitrogens with zero attached hydrogens (tertiary/aromatic N) is 1. The number of hydrogen-bond donors (Lipinski definition) is 1. The van der Waals surface area contributed by atoms with Gasteiger partial charge in [0.05, 0.1) is 6.42 Å². The summed E-state index contributed by atoms with van der Waals surface area (Å²) in [6.45, 7) is 0. The highest BCUT2D eigenvalue weighted by molar-refractivity contribution is 9.10. The lowest BCUT2D eigenvalue weighted by molar-refractivity contribution is -0.136. The van der Waals surface area contributed by atoms with Crippen LogP contribution in [0.15, 0.2) is 34.9 Å². The zero-order valence-corrected chi connectivity index (χ0v) is 11.3. The third-order valence-electron chi connectivity index (χ3n) is 2.23. The normalized spacial score (nSPS) is 10.4. The molecule has 2 aromatic rings. The second-order valence-electron chi connectivity index (χ2n) is 3.53. The van der Waals surface area contributed by atoms with Gasteiger partial charge in [0.15, 0.2) is 0 Å². The van der Waals surface area contributed by atoms with Crippen molar-refractivity contribution in [3.63, 3.8) is 0 Å². The van der Waals surface area contributed by atoms with Crippen LogP contribution in [-0.4, -0.2) is 16.1 Å². The van der Waals surface area contributed by atoms with Crippen LogP contribution in [0, 0.1) is 0 Å². The highest BCUT2D eigenvalue weighted by atomic mass is 79.9. The molecule has 0 spiro atoms. The lowest BCUT2D eigenvalue weighted by atomic mass is 10.2. The van der Waals surface area contributed by atoms with Gasteiger partial charge in [-0.25, -0.2) is 4.98 Å². The highest BCUT2D eigenvalue weighted by Gasteiger charge is 2.06. The zero-order chi connectivity index (χ0) is 12.3. The quantitative estimate of drug-likeness (QED) is 0.938. The number of halogens is 1. The van der Waals surface area contributed by atoms with Gasteiger partial charge in [0.1, 0.15) is 5.01 Å². The Bertz CT molecular complexity index is 522. The maximum Gasteiger partial charge on any atom is 0.303 e. The molecule has 0 unspecified atom stereocenters. The first-order valence-corrected chi connectivity index (χ1v) is 6.68. The predicted octanol–water partition coefficient (Wildman–Crippen LogP) is 3.59. The Morgan fingerprint density at radius 1 is 1.35 bits per heavy atom. The Morgan fingerprint density at radius 2 is 2.06 bits per heavy atom. The van der Waals surface area contributed by atoms with Crippen molar-refractivity contribution in [2.24, 2.45) is 0 Å². The summed E-state index contributed by atoms with van der Waals surface area (Å²) in [5.74, 6) is -0.774. The van der Waals surface area contributed by atoms with Crippen LogP contribution in [0.2, 0.25) is 0 Å². The van der Waals surface area contributed by atoms with E-state index in [4.69, 9.17) is 5.11 Å². The van der Waals surface area contributed by atoms with Crippen molar-refractivity contribution in [3.8, 4) is 10.6 Å². The zero-order valence-electron chi connectivity index (χ0n) is 8.89. The number of aryl methyl sites for hydroxylation is 1. The summed E-state index contributed by atoms with van der Waals surface area (Å²) in [6, 6.07) is 7.91. The summed E-state index contributed by atoms with van der Waals surface area (Å²) in [7, 11) is 0. The average Bonchev–Trinajstić information content (AvgIpc) is 2.76. The first kappa shape index (κ1) is 12.3. The molecule has 0 radical (unpaired) electrons.